The van der Waals surface area contributed by atoms with Crippen LogP contribution in [-0.4, -0.2) is 16.3 Å². The minimum Gasteiger partial charge on any atom is -0.310 e. The molecule has 1 unspecified atom stereocenters. The molecule has 0 saturated carbocycles. The summed E-state index contributed by atoms with van der Waals surface area (Å²) in [6.45, 7) is 7.74. The molecule has 0 saturated heterocycles. The van der Waals surface area contributed by atoms with E-state index in [9.17, 15) is 0 Å². The Kier molecular flexibility index (Phi) is 4.21. The fraction of sp³-hybridized carbons (Fsp3) is 0.786. The van der Waals surface area contributed by atoms with Crippen LogP contribution in [0, 0.1) is 0 Å². The largest absolute Gasteiger partial charge is 0.310 e. The number of nitrogens with one attached hydrogen (secondary N) is 1. The average Bonchev–Trinajstić information content (AvgIpc) is 2.77. The Morgan fingerprint density at radius 2 is 2.18 bits per heavy atom. The molecule has 0 amide bonds. The van der Waals surface area contributed by atoms with E-state index in [2.05, 4.69) is 42.1 Å². The molecule has 0 fully saturated rings. The molecule has 2 rings (SSSR count). The third kappa shape index (κ3) is 2.39. The van der Waals surface area contributed by atoms with Crippen molar-refractivity contribution < 1.29 is 0 Å². The van der Waals surface area contributed by atoms with Gasteiger partial charge in [-0.2, -0.15) is 5.10 Å². The number of fused-ring (bicyclic) bond motifs is 1. The molecule has 1 aromatic heterocycles. The molecule has 3 nitrogen and oxygen atoms in total. The second-order valence-electron chi connectivity index (χ2n) is 4.96. The van der Waals surface area contributed by atoms with E-state index in [4.69, 9.17) is 0 Å². The molecule has 96 valence electrons. The summed E-state index contributed by atoms with van der Waals surface area (Å²) >= 11 is 0. The second kappa shape index (κ2) is 5.67. The maximum absolute atomic E-state index is 4.65. The molecule has 1 N–H and O–H groups in total. The summed E-state index contributed by atoms with van der Waals surface area (Å²) in [4.78, 5) is 0. The van der Waals surface area contributed by atoms with Crippen LogP contribution in [0.5, 0.6) is 0 Å². The molecule has 1 atom stereocenters. The van der Waals surface area contributed by atoms with Gasteiger partial charge in [0.15, 0.2) is 0 Å². The van der Waals surface area contributed by atoms with Gasteiger partial charge >= 0.3 is 0 Å². The number of hydrogen-bond donors (Lipinski definition) is 1. The molecule has 0 radical (unpaired) electrons. The maximum atomic E-state index is 4.65. The summed E-state index contributed by atoms with van der Waals surface area (Å²) in [5.41, 5.74) is 2.93. The highest BCUT2D eigenvalue weighted by atomic mass is 15.3. The van der Waals surface area contributed by atoms with Gasteiger partial charge in [-0.25, -0.2) is 0 Å². The fourth-order valence-corrected chi connectivity index (χ4v) is 2.99. The summed E-state index contributed by atoms with van der Waals surface area (Å²) in [6, 6.07) is 1.12. The van der Waals surface area contributed by atoms with Gasteiger partial charge in [-0.15, -0.1) is 0 Å². The highest BCUT2D eigenvalue weighted by molar-refractivity contribution is 5.25. The minimum atomic E-state index is 0.534. The van der Waals surface area contributed by atoms with Crippen LogP contribution >= 0.6 is 0 Å². The van der Waals surface area contributed by atoms with Crippen molar-refractivity contribution in [1.82, 2.24) is 15.1 Å². The van der Waals surface area contributed by atoms with Crippen LogP contribution in [0.15, 0.2) is 6.20 Å². The van der Waals surface area contributed by atoms with Gasteiger partial charge in [0.2, 0.25) is 0 Å². The molecule has 0 bridgehead atoms. The molecule has 17 heavy (non-hydrogen) atoms. The van der Waals surface area contributed by atoms with Crippen molar-refractivity contribution >= 4 is 0 Å². The zero-order chi connectivity index (χ0) is 12.3. The highest BCUT2D eigenvalue weighted by Gasteiger charge is 2.25. The van der Waals surface area contributed by atoms with E-state index in [-0.39, 0.29) is 0 Å². The molecular weight excluding hydrogens is 210 g/mol. The van der Waals surface area contributed by atoms with E-state index < -0.39 is 0 Å². The van der Waals surface area contributed by atoms with Crippen molar-refractivity contribution in [2.75, 3.05) is 6.54 Å². The first-order valence-electron chi connectivity index (χ1n) is 7.11. The molecular formula is C14H25N3. The van der Waals surface area contributed by atoms with E-state index in [0.29, 0.717) is 12.1 Å². The van der Waals surface area contributed by atoms with Crippen LogP contribution < -0.4 is 5.32 Å². The first-order chi connectivity index (χ1) is 8.31. The molecule has 0 aromatic carbocycles. The summed E-state index contributed by atoms with van der Waals surface area (Å²) in [6.07, 6.45) is 8.20. The van der Waals surface area contributed by atoms with Crippen molar-refractivity contribution in [2.24, 2.45) is 0 Å². The Balaban J connectivity index is 2.27. The predicted octanol–water partition coefficient (Wildman–Crippen LogP) is 3.23. The highest BCUT2D eigenvalue weighted by Crippen LogP contribution is 2.32. The number of hydrogen-bond acceptors (Lipinski definition) is 2. The van der Waals surface area contributed by atoms with Crippen LogP contribution in [-0.2, 0) is 6.42 Å². The molecule has 3 heteroatoms. The van der Waals surface area contributed by atoms with Gasteiger partial charge < -0.3 is 5.32 Å². The van der Waals surface area contributed by atoms with Crippen LogP contribution in [0.3, 0.4) is 0 Å². The molecule has 1 aliphatic carbocycles. The van der Waals surface area contributed by atoms with Gasteiger partial charge in [0, 0.05) is 17.3 Å². The fourth-order valence-electron chi connectivity index (χ4n) is 2.99. The first kappa shape index (κ1) is 12.6. The summed E-state index contributed by atoms with van der Waals surface area (Å²) in [5, 5.41) is 8.22. The van der Waals surface area contributed by atoms with Crippen LogP contribution in [0.25, 0.3) is 0 Å². The standard InChI is InChI=1S/C14H25N3/c1-4-11(5-2)17-14-9-7-8-13(15-6-3)12(14)10-16-17/h10-11,13,15H,4-9H2,1-3H3. The Bertz CT molecular complexity index is 352. The molecule has 0 spiro atoms. The van der Waals surface area contributed by atoms with Gasteiger partial charge in [0.05, 0.1) is 12.2 Å². The third-order valence-corrected chi connectivity index (χ3v) is 3.95. The molecule has 0 aliphatic heterocycles. The van der Waals surface area contributed by atoms with E-state index in [1.807, 2.05) is 0 Å². The Hall–Kier alpha value is -0.830. The summed E-state index contributed by atoms with van der Waals surface area (Å²) in [7, 11) is 0. The summed E-state index contributed by atoms with van der Waals surface area (Å²) < 4.78 is 2.29. The molecule has 1 aromatic rings. The van der Waals surface area contributed by atoms with Gasteiger partial charge in [-0.3, -0.25) is 4.68 Å². The second-order valence-corrected chi connectivity index (χ2v) is 4.96. The quantitative estimate of drug-likeness (QED) is 0.849. The van der Waals surface area contributed by atoms with Gasteiger partial charge in [0.25, 0.3) is 0 Å². The van der Waals surface area contributed by atoms with Crippen LogP contribution in [0.4, 0.5) is 0 Å². The normalized spacial score (nSPS) is 19.6. The van der Waals surface area contributed by atoms with Gasteiger partial charge in [-0.05, 0) is 38.6 Å². The first-order valence-corrected chi connectivity index (χ1v) is 7.11. The average molecular weight is 235 g/mol. The lowest BCUT2D eigenvalue weighted by Crippen LogP contribution is -2.25. The summed E-state index contributed by atoms with van der Waals surface area (Å²) in [5.74, 6) is 0. The lowest BCUT2D eigenvalue weighted by Gasteiger charge is -2.25. The monoisotopic (exact) mass is 235 g/mol. The zero-order valence-corrected chi connectivity index (χ0v) is 11.4. The van der Waals surface area contributed by atoms with Crippen molar-refractivity contribution in [2.45, 2.75) is 65.0 Å². The van der Waals surface area contributed by atoms with Crippen molar-refractivity contribution in [3.8, 4) is 0 Å². The van der Waals surface area contributed by atoms with E-state index in [1.54, 1.807) is 0 Å². The SMILES string of the molecule is CCNC1CCCc2c1cnn2C(CC)CC. The van der Waals surface area contributed by atoms with Crippen molar-refractivity contribution in [3.05, 3.63) is 17.5 Å². The zero-order valence-electron chi connectivity index (χ0n) is 11.4. The minimum absolute atomic E-state index is 0.534. The maximum Gasteiger partial charge on any atom is 0.0540 e. The smallest absolute Gasteiger partial charge is 0.0540 e. The predicted molar refractivity (Wildman–Crippen MR) is 71.2 cm³/mol. The Labute approximate surface area is 105 Å². The van der Waals surface area contributed by atoms with Crippen LogP contribution in [0.2, 0.25) is 0 Å². The third-order valence-electron chi connectivity index (χ3n) is 3.95. The van der Waals surface area contributed by atoms with E-state index in [1.165, 1.54) is 43.4 Å². The lowest BCUT2D eigenvalue weighted by atomic mass is 9.92. The van der Waals surface area contributed by atoms with Gasteiger partial charge in [0.1, 0.15) is 0 Å². The number of rotatable bonds is 5. The van der Waals surface area contributed by atoms with Crippen LogP contribution in [0.1, 0.15) is 69.8 Å². The topological polar surface area (TPSA) is 29.9 Å². The van der Waals surface area contributed by atoms with E-state index in [0.717, 1.165) is 6.54 Å². The van der Waals surface area contributed by atoms with Crippen molar-refractivity contribution in [1.29, 1.82) is 0 Å². The Morgan fingerprint density at radius 3 is 2.82 bits per heavy atom. The lowest BCUT2D eigenvalue weighted by molar-refractivity contribution is 0.396. The number of aromatic nitrogens is 2. The van der Waals surface area contributed by atoms with Gasteiger partial charge in [-0.1, -0.05) is 20.8 Å². The van der Waals surface area contributed by atoms with Crippen molar-refractivity contribution in [3.63, 3.8) is 0 Å². The Morgan fingerprint density at radius 1 is 1.41 bits per heavy atom. The molecule has 1 aliphatic rings. The van der Waals surface area contributed by atoms with E-state index >= 15 is 0 Å². The molecule has 1 heterocycles. The number of nitrogens with zero attached hydrogens (tertiary/aromatic N) is 2.